The third kappa shape index (κ3) is 3.29. The predicted octanol–water partition coefficient (Wildman–Crippen LogP) is 2.68. The Morgan fingerprint density at radius 2 is 2.13 bits per heavy atom. The maximum absolute atomic E-state index is 12.8. The number of likely N-dealkylation sites (tertiary alicyclic amines) is 1. The molecular weight excluding hydrogens is 290 g/mol. The molecule has 0 aliphatic carbocycles. The van der Waals surface area contributed by atoms with Gasteiger partial charge in [-0.2, -0.15) is 5.10 Å². The van der Waals surface area contributed by atoms with Crippen molar-refractivity contribution in [3.63, 3.8) is 0 Å². The fourth-order valence-electron chi connectivity index (χ4n) is 3.24. The molecule has 0 saturated carbocycles. The molecule has 1 unspecified atom stereocenters. The lowest BCUT2D eigenvalue weighted by molar-refractivity contribution is 0.0570. The highest BCUT2D eigenvalue weighted by Gasteiger charge is 2.26. The number of carbonyl (C=O) groups is 1. The van der Waals surface area contributed by atoms with Crippen molar-refractivity contribution >= 4 is 5.91 Å². The minimum absolute atomic E-state index is 0.0745. The molecule has 1 aromatic heterocycles. The van der Waals surface area contributed by atoms with Crippen molar-refractivity contribution in [2.45, 2.75) is 19.8 Å². The van der Waals surface area contributed by atoms with Crippen molar-refractivity contribution in [1.82, 2.24) is 14.7 Å². The first-order valence-electron chi connectivity index (χ1n) is 8.09. The summed E-state index contributed by atoms with van der Waals surface area (Å²) in [7, 11) is 1.72. The number of amides is 1. The van der Waals surface area contributed by atoms with E-state index in [1.54, 1.807) is 13.3 Å². The van der Waals surface area contributed by atoms with E-state index in [0.717, 1.165) is 37.3 Å². The zero-order valence-corrected chi connectivity index (χ0v) is 13.7. The molecule has 0 N–H and O–H groups in total. The normalized spacial score (nSPS) is 18.2. The standard InChI is InChI=1S/C18H23N3O2/c1-14-17(11-19-21(14)16-8-4-3-5-9-16)18(22)20-10-6-7-15(12-20)13-23-2/h3-5,8-9,11,15H,6-7,10,12-13H2,1-2H3. The van der Waals surface area contributed by atoms with Gasteiger partial charge >= 0.3 is 0 Å². The van der Waals surface area contributed by atoms with Crippen LogP contribution in [0.3, 0.4) is 0 Å². The number of para-hydroxylation sites is 1. The van der Waals surface area contributed by atoms with Crippen LogP contribution in [0.2, 0.25) is 0 Å². The number of hydrogen-bond acceptors (Lipinski definition) is 3. The number of benzene rings is 1. The van der Waals surface area contributed by atoms with Gasteiger partial charge in [-0.25, -0.2) is 4.68 Å². The Labute approximate surface area is 136 Å². The molecule has 1 aromatic carbocycles. The number of carbonyl (C=O) groups excluding carboxylic acids is 1. The van der Waals surface area contributed by atoms with Crippen LogP contribution in [-0.2, 0) is 4.74 Å². The van der Waals surface area contributed by atoms with Crippen molar-refractivity contribution in [3.05, 3.63) is 47.8 Å². The smallest absolute Gasteiger partial charge is 0.257 e. The van der Waals surface area contributed by atoms with Crippen LogP contribution in [0.5, 0.6) is 0 Å². The molecule has 1 aliphatic rings. The molecule has 0 bridgehead atoms. The maximum atomic E-state index is 12.8. The van der Waals surface area contributed by atoms with Crippen LogP contribution in [-0.4, -0.2) is 47.4 Å². The Kier molecular flexibility index (Phi) is 4.76. The molecule has 0 radical (unpaired) electrons. The Bertz CT molecular complexity index is 664. The molecule has 2 aromatic rings. The van der Waals surface area contributed by atoms with E-state index in [9.17, 15) is 4.79 Å². The largest absolute Gasteiger partial charge is 0.384 e. The van der Waals surface area contributed by atoms with E-state index in [4.69, 9.17) is 4.74 Å². The molecule has 3 rings (SSSR count). The molecule has 1 atom stereocenters. The van der Waals surface area contributed by atoms with Gasteiger partial charge in [-0.1, -0.05) is 18.2 Å². The summed E-state index contributed by atoms with van der Waals surface area (Å²) in [5.74, 6) is 0.507. The zero-order chi connectivity index (χ0) is 16.2. The summed E-state index contributed by atoms with van der Waals surface area (Å²) in [6.45, 7) is 4.24. The topological polar surface area (TPSA) is 47.4 Å². The number of hydrogen-bond donors (Lipinski definition) is 0. The van der Waals surface area contributed by atoms with Gasteiger partial charge in [-0.15, -0.1) is 0 Å². The van der Waals surface area contributed by atoms with Crippen molar-refractivity contribution in [1.29, 1.82) is 0 Å². The average Bonchev–Trinajstić information content (AvgIpc) is 2.97. The van der Waals surface area contributed by atoms with Gasteiger partial charge in [-0.3, -0.25) is 4.79 Å². The first-order valence-corrected chi connectivity index (χ1v) is 8.09. The Morgan fingerprint density at radius 3 is 2.87 bits per heavy atom. The maximum Gasteiger partial charge on any atom is 0.257 e. The highest BCUT2D eigenvalue weighted by atomic mass is 16.5. The fraction of sp³-hybridized carbons (Fsp3) is 0.444. The third-order valence-corrected chi connectivity index (χ3v) is 4.45. The quantitative estimate of drug-likeness (QED) is 0.872. The molecule has 1 fully saturated rings. The highest BCUT2D eigenvalue weighted by Crippen LogP contribution is 2.21. The van der Waals surface area contributed by atoms with E-state index in [1.807, 2.05) is 46.8 Å². The van der Waals surface area contributed by atoms with Crippen molar-refractivity contribution in [3.8, 4) is 5.69 Å². The minimum Gasteiger partial charge on any atom is -0.384 e. The average molecular weight is 313 g/mol. The number of rotatable bonds is 4. The van der Waals surface area contributed by atoms with Crippen molar-refractivity contribution < 1.29 is 9.53 Å². The first-order chi connectivity index (χ1) is 11.2. The lowest BCUT2D eigenvalue weighted by Gasteiger charge is -2.32. The monoisotopic (exact) mass is 313 g/mol. The molecular formula is C18H23N3O2. The molecule has 1 aliphatic heterocycles. The molecule has 0 spiro atoms. The number of ether oxygens (including phenoxy) is 1. The Morgan fingerprint density at radius 1 is 1.35 bits per heavy atom. The second kappa shape index (κ2) is 6.96. The second-order valence-corrected chi connectivity index (χ2v) is 6.11. The van der Waals surface area contributed by atoms with E-state index in [1.165, 1.54) is 0 Å². The van der Waals surface area contributed by atoms with Gasteiger partial charge in [-0.05, 0) is 37.8 Å². The SMILES string of the molecule is COCC1CCCN(C(=O)c2cnn(-c3ccccc3)c2C)C1. The number of nitrogens with zero attached hydrogens (tertiary/aromatic N) is 3. The van der Waals surface area contributed by atoms with E-state index in [2.05, 4.69) is 5.10 Å². The van der Waals surface area contributed by atoms with E-state index in [0.29, 0.717) is 18.1 Å². The zero-order valence-electron chi connectivity index (χ0n) is 13.7. The van der Waals surface area contributed by atoms with E-state index < -0.39 is 0 Å². The molecule has 23 heavy (non-hydrogen) atoms. The molecule has 2 heterocycles. The van der Waals surface area contributed by atoms with Gasteiger partial charge < -0.3 is 9.64 Å². The summed E-state index contributed by atoms with van der Waals surface area (Å²) in [5, 5.41) is 4.40. The molecule has 1 amide bonds. The van der Waals surface area contributed by atoms with Crippen LogP contribution in [0.4, 0.5) is 0 Å². The van der Waals surface area contributed by atoms with Crippen LogP contribution in [0.25, 0.3) is 5.69 Å². The van der Waals surface area contributed by atoms with Crippen molar-refractivity contribution in [2.75, 3.05) is 26.8 Å². The fourth-order valence-corrected chi connectivity index (χ4v) is 3.24. The van der Waals surface area contributed by atoms with Gasteiger partial charge in [0.2, 0.25) is 0 Å². The molecule has 122 valence electrons. The van der Waals surface area contributed by atoms with Crippen LogP contribution in [0, 0.1) is 12.8 Å². The summed E-state index contributed by atoms with van der Waals surface area (Å²) in [5.41, 5.74) is 2.54. The van der Waals surface area contributed by atoms with E-state index >= 15 is 0 Å². The Balaban J connectivity index is 1.79. The van der Waals surface area contributed by atoms with Gasteiger partial charge in [0.05, 0.1) is 29.7 Å². The number of piperidine rings is 1. The lowest BCUT2D eigenvalue weighted by atomic mass is 9.98. The summed E-state index contributed by atoms with van der Waals surface area (Å²) in [4.78, 5) is 14.8. The summed E-state index contributed by atoms with van der Waals surface area (Å²) in [6, 6.07) is 9.89. The summed E-state index contributed by atoms with van der Waals surface area (Å²) in [6.07, 6.45) is 3.84. The van der Waals surface area contributed by atoms with Crippen LogP contribution in [0.15, 0.2) is 36.5 Å². The van der Waals surface area contributed by atoms with Gasteiger partial charge in [0, 0.05) is 20.2 Å². The minimum atomic E-state index is 0.0745. The second-order valence-electron chi connectivity index (χ2n) is 6.11. The molecule has 5 nitrogen and oxygen atoms in total. The van der Waals surface area contributed by atoms with Crippen LogP contribution < -0.4 is 0 Å². The van der Waals surface area contributed by atoms with Crippen molar-refractivity contribution in [2.24, 2.45) is 5.92 Å². The van der Waals surface area contributed by atoms with Gasteiger partial charge in [0.1, 0.15) is 0 Å². The van der Waals surface area contributed by atoms with Gasteiger partial charge in [0.15, 0.2) is 0 Å². The summed E-state index contributed by atoms with van der Waals surface area (Å²) < 4.78 is 7.07. The highest BCUT2D eigenvalue weighted by molar-refractivity contribution is 5.95. The summed E-state index contributed by atoms with van der Waals surface area (Å²) >= 11 is 0. The number of methoxy groups -OCH3 is 1. The predicted molar refractivity (Wildman–Crippen MR) is 88.8 cm³/mol. The third-order valence-electron chi connectivity index (χ3n) is 4.45. The lowest BCUT2D eigenvalue weighted by Crippen LogP contribution is -2.41. The number of aromatic nitrogens is 2. The first kappa shape index (κ1) is 15.7. The molecule has 5 heteroatoms. The Hall–Kier alpha value is -2.14. The van der Waals surface area contributed by atoms with E-state index in [-0.39, 0.29) is 5.91 Å². The van der Waals surface area contributed by atoms with Gasteiger partial charge in [0.25, 0.3) is 5.91 Å². The molecule has 1 saturated heterocycles. The van der Waals surface area contributed by atoms with Crippen LogP contribution in [0.1, 0.15) is 28.9 Å². The van der Waals surface area contributed by atoms with Crippen LogP contribution >= 0.6 is 0 Å².